The highest BCUT2D eigenvalue weighted by atomic mass is 35.5. The third-order valence-electron chi connectivity index (χ3n) is 5.64. The number of alkyl halides is 3. The summed E-state index contributed by atoms with van der Waals surface area (Å²) in [5, 5.41) is 4.09. The summed E-state index contributed by atoms with van der Waals surface area (Å²) in [4.78, 5) is 18.9. The topological polar surface area (TPSA) is 63.7 Å². The summed E-state index contributed by atoms with van der Waals surface area (Å²) < 4.78 is 50.0. The van der Waals surface area contributed by atoms with Gasteiger partial charge in [0.1, 0.15) is 11.3 Å². The number of carbonyl (C=O) groups is 1. The van der Waals surface area contributed by atoms with E-state index in [0.717, 1.165) is 17.5 Å². The largest absolute Gasteiger partial charge is 0.481 e. The summed E-state index contributed by atoms with van der Waals surface area (Å²) in [7, 11) is 0. The van der Waals surface area contributed by atoms with Crippen molar-refractivity contribution < 1.29 is 27.4 Å². The molecule has 6 nitrogen and oxygen atoms in total. The first-order valence-electron chi connectivity index (χ1n) is 10.7. The molecule has 1 fully saturated rings. The lowest BCUT2D eigenvalue weighted by Gasteiger charge is -2.35. The number of hydrogen-bond acceptors (Lipinski definition) is 5. The number of fused-ring (bicyclic) bond motifs is 1. The molecule has 1 unspecified atom stereocenters. The Kier molecular flexibility index (Phi) is 7.55. The van der Waals surface area contributed by atoms with Gasteiger partial charge in [-0.2, -0.15) is 13.2 Å². The van der Waals surface area contributed by atoms with Gasteiger partial charge in [0.2, 0.25) is 0 Å². The Balaban J connectivity index is 1.42. The van der Waals surface area contributed by atoms with Gasteiger partial charge >= 0.3 is 6.18 Å². The molecule has 4 rings (SSSR count). The number of nitrogens with zero attached hydrogens (tertiary/aromatic N) is 2. The molecule has 0 radical (unpaired) electrons. The molecule has 1 amide bonds. The van der Waals surface area contributed by atoms with Crippen LogP contribution in [0.1, 0.15) is 17.2 Å². The van der Waals surface area contributed by atoms with Crippen molar-refractivity contribution in [1.29, 1.82) is 0 Å². The second kappa shape index (κ2) is 10.6. The summed E-state index contributed by atoms with van der Waals surface area (Å²) in [5.41, 5.74) is 0.529. The van der Waals surface area contributed by atoms with E-state index in [4.69, 9.17) is 21.1 Å². The van der Waals surface area contributed by atoms with E-state index in [2.05, 4.69) is 15.2 Å². The average molecular weight is 494 g/mol. The van der Waals surface area contributed by atoms with Gasteiger partial charge in [-0.25, -0.2) is 0 Å². The molecule has 2 heterocycles. The number of morpholine rings is 1. The zero-order valence-electron chi connectivity index (χ0n) is 18.1. The van der Waals surface area contributed by atoms with Crippen LogP contribution in [0.25, 0.3) is 10.9 Å². The van der Waals surface area contributed by atoms with Crippen LogP contribution in [0.5, 0.6) is 5.75 Å². The fourth-order valence-electron chi connectivity index (χ4n) is 3.87. The number of amides is 1. The second-order valence-electron chi connectivity index (χ2n) is 7.82. The molecule has 10 heteroatoms. The Morgan fingerprint density at radius 2 is 1.88 bits per heavy atom. The second-order valence-corrected chi connectivity index (χ2v) is 8.23. The Labute approximate surface area is 199 Å². The maximum atomic E-state index is 13.0. The van der Waals surface area contributed by atoms with Gasteiger partial charge in [0.15, 0.2) is 6.61 Å². The van der Waals surface area contributed by atoms with E-state index in [1.807, 2.05) is 6.07 Å². The molecule has 0 spiro atoms. The fourth-order valence-corrected chi connectivity index (χ4v) is 4.09. The van der Waals surface area contributed by atoms with E-state index < -0.39 is 11.7 Å². The lowest BCUT2D eigenvalue weighted by molar-refractivity contribution is -0.137. The van der Waals surface area contributed by atoms with Gasteiger partial charge < -0.3 is 14.8 Å². The number of hydrogen-bond donors (Lipinski definition) is 1. The molecule has 1 aliphatic heterocycles. The number of carbonyl (C=O) groups excluding carboxylic acids is 1. The maximum Gasteiger partial charge on any atom is 0.416 e. The summed E-state index contributed by atoms with van der Waals surface area (Å²) in [6, 6.07) is 11.6. The first kappa shape index (κ1) is 24.3. The van der Waals surface area contributed by atoms with Crippen molar-refractivity contribution in [3.8, 4) is 5.75 Å². The minimum Gasteiger partial charge on any atom is -0.481 e. The van der Waals surface area contributed by atoms with Crippen LogP contribution in [0.15, 0.2) is 54.7 Å². The predicted molar refractivity (Wildman–Crippen MR) is 122 cm³/mol. The number of rotatable bonds is 7. The Hall–Kier alpha value is -2.88. The van der Waals surface area contributed by atoms with Crippen molar-refractivity contribution in [2.75, 3.05) is 39.5 Å². The quantitative estimate of drug-likeness (QED) is 0.526. The van der Waals surface area contributed by atoms with Crippen molar-refractivity contribution in [2.24, 2.45) is 0 Å². The van der Waals surface area contributed by atoms with Crippen LogP contribution in [0, 0.1) is 0 Å². The standard InChI is InChI=1S/C24H23ClF3N3O3/c25-19-7-8-21(23-18(19)2-1-9-29-23)34-15-22(32)30-14-20(31-10-12-33-13-11-31)16-3-5-17(6-4-16)24(26,27)28/h1-9,20H,10-15H2,(H,30,32). The lowest BCUT2D eigenvalue weighted by Crippen LogP contribution is -2.44. The van der Waals surface area contributed by atoms with Crippen LogP contribution in [-0.4, -0.2) is 55.2 Å². The molecule has 1 atom stereocenters. The monoisotopic (exact) mass is 493 g/mol. The van der Waals surface area contributed by atoms with E-state index in [-0.39, 0.29) is 25.1 Å². The van der Waals surface area contributed by atoms with E-state index in [9.17, 15) is 18.0 Å². The third kappa shape index (κ3) is 5.78. The van der Waals surface area contributed by atoms with Crippen LogP contribution >= 0.6 is 11.6 Å². The van der Waals surface area contributed by atoms with E-state index >= 15 is 0 Å². The fraction of sp³-hybridized carbons (Fsp3) is 0.333. The van der Waals surface area contributed by atoms with Crippen molar-refractivity contribution in [3.05, 3.63) is 70.9 Å². The number of pyridine rings is 1. The summed E-state index contributed by atoms with van der Waals surface area (Å²) >= 11 is 6.19. The van der Waals surface area contributed by atoms with Gasteiger partial charge in [-0.1, -0.05) is 23.7 Å². The molecule has 1 aromatic heterocycles. The minimum absolute atomic E-state index is 0.215. The van der Waals surface area contributed by atoms with Gasteiger partial charge in [0, 0.05) is 31.2 Å². The molecular formula is C24H23ClF3N3O3. The highest BCUT2D eigenvalue weighted by Crippen LogP contribution is 2.31. The van der Waals surface area contributed by atoms with Crippen LogP contribution in [0.4, 0.5) is 13.2 Å². The number of benzene rings is 2. The molecule has 1 saturated heterocycles. The molecule has 1 N–H and O–H groups in total. The van der Waals surface area contributed by atoms with Crippen LogP contribution in [-0.2, 0) is 15.7 Å². The van der Waals surface area contributed by atoms with Gasteiger partial charge in [0.25, 0.3) is 5.91 Å². The number of nitrogens with one attached hydrogen (secondary N) is 1. The molecule has 180 valence electrons. The minimum atomic E-state index is -4.40. The maximum absolute atomic E-state index is 13.0. The molecule has 2 aromatic carbocycles. The first-order chi connectivity index (χ1) is 16.3. The SMILES string of the molecule is O=C(COc1ccc(Cl)c2cccnc12)NCC(c1ccc(C(F)(F)F)cc1)N1CCOCC1. The highest BCUT2D eigenvalue weighted by molar-refractivity contribution is 6.35. The molecule has 0 aliphatic carbocycles. The molecule has 34 heavy (non-hydrogen) atoms. The Morgan fingerprint density at radius 1 is 1.15 bits per heavy atom. The number of ether oxygens (including phenoxy) is 2. The molecular weight excluding hydrogens is 471 g/mol. The molecule has 0 saturated carbocycles. The Morgan fingerprint density at radius 3 is 2.59 bits per heavy atom. The molecule has 1 aliphatic rings. The van der Waals surface area contributed by atoms with Gasteiger partial charge in [0.05, 0.1) is 29.8 Å². The third-order valence-corrected chi connectivity index (χ3v) is 5.97. The lowest BCUT2D eigenvalue weighted by atomic mass is 10.0. The number of halogens is 4. The normalized spacial score (nSPS) is 15.8. The van der Waals surface area contributed by atoms with Gasteiger partial charge in [-0.15, -0.1) is 0 Å². The van der Waals surface area contributed by atoms with Gasteiger partial charge in [-0.05, 0) is 42.0 Å². The van der Waals surface area contributed by atoms with Gasteiger partial charge in [-0.3, -0.25) is 14.7 Å². The zero-order chi connectivity index (χ0) is 24.1. The van der Waals surface area contributed by atoms with Crippen LogP contribution in [0.3, 0.4) is 0 Å². The van der Waals surface area contributed by atoms with E-state index in [1.54, 1.807) is 24.4 Å². The van der Waals surface area contributed by atoms with Crippen molar-refractivity contribution in [2.45, 2.75) is 12.2 Å². The van der Waals surface area contributed by atoms with Crippen LogP contribution in [0.2, 0.25) is 5.02 Å². The summed E-state index contributed by atoms with van der Waals surface area (Å²) in [6.07, 6.45) is -2.79. The van der Waals surface area contributed by atoms with Crippen molar-refractivity contribution >= 4 is 28.4 Å². The average Bonchev–Trinajstić information content (AvgIpc) is 2.84. The molecule has 0 bridgehead atoms. The smallest absolute Gasteiger partial charge is 0.416 e. The predicted octanol–water partition coefficient (Wildman–Crippen LogP) is 4.48. The summed E-state index contributed by atoms with van der Waals surface area (Å²) in [6.45, 7) is 2.24. The van der Waals surface area contributed by atoms with Crippen LogP contribution < -0.4 is 10.1 Å². The number of aromatic nitrogens is 1. The molecule has 3 aromatic rings. The van der Waals surface area contributed by atoms with E-state index in [1.165, 1.54) is 12.1 Å². The summed E-state index contributed by atoms with van der Waals surface area (Å²) in [5.74, 6) is 0.0758. The first-order valence-corrected chi connectivity index (χ1v) is 11.1. The van der Waals surface area contributed by atoms with Crippen molar-refractivity contribution in [3.63, 3.8) is 0 Å². The van der Waals surface area contributed by atoms with E-state index in [0.29, 0.717) is 48.2 Å². The highest BCUT2D eigenvalue weighted by Gasteiger charge is 2.31. The Bertz CT molecular complexity index is 1140. The van der Waals surface area contributed by atoms with Crippen molar-refractivity contribution in [1.82, 2.24) is 15.2 Å². The zero-order valence-corrected chi connectivity index (χ0v) is 18.9.